The molecule has 2 nitrogen and oxygen atoms in total. The lowest BCUT2D eigenvalue weighted by Gasteiger charge is -2.06. The predicted octanol–water partition coefficient (Wildman–Crippen LogP) is 2.98. The van der Waals surface area contributed by atoms with E-state index in [1.807, 2.05) is 6.92 Å². The summed E-state index contributed by atoms with van der Waals surface area (Å²) < 4.78 is 31.0. The standard InChI is InChI=1S/C11H12F2O2/c1-3-4-10(14)15-9-6-5-8(12)7(2)11(9)13/h5-6H,3-4H2,1-2H3. The average molecular weight is 214 g/mol. The molecule has 0 saturated carbocycles. The van der Waals surface area contributed by atoms with E-state index in [1.54, 1.807) is 0 Å². The predicted molar refractivity (Wildman–Crippen MR) is 51.6 cm³/mol. The van der Waals surface area contributed by atoms with E-state index in [4.69, 9.17) is 4.74 Å². The van der Waals surface area contributed by atoms with Crippen molar-refractivity contribution in [1.29, 1.82) is 0 Å². The number of carbonyl (C=O) groups excluding carboxylic acids is 1. The quantitative estimate of drug-likeness (QED) is 0.571. The van der Waals surface area contributed by atoms with Crippen molar-refractivity contribution in [3.63, 3.8) is 0 Å². The fraction of sp³-hybridized carbons (Fsp3) is 0.364. The average Bonchev–Trinajstić information content (AvgIpc) is 2.20. The van der Waals surface area contributed by atoms with E-state index in [0.717, 1.165) is 12.1 Å². The molecule has 0 aliphatic carbocycles. The first-order valence-electron chi connectivity index (χ1n) is 4.71. The van der Waals surface area contributed by atoms with E-state index >= 15 is 0 Å². The molecule has 15 heavy (non-hydrogen) atoms. The number of carbonyl (C=O) groups is 1. The Bertz CT molecular complexity index is 375. The Hall–Kier alpha value is -1.45. The summed E-state index contributed by atoms with van der Waals surface area (Å²) in [5.41, 5.74) is -0.142. The van der Waals surface area contributed by atoms with E-state index in [2.05, 4.69) is 0 Å². The Balaban J connectivity index is 2.87. The lowest BCUT2D eigenvalue weighted by atomic mass is 10.2. The molecule has 0 aliphatic rings. The highest BCUT2D eigenvalue weighted by Gasteiger charge is 2.13. The second-order valence-electron chi connectivity index (χ2n) is 3.21. The molecule has 0 bridgehead atoms. The molecule has 0 fully saturated rings. The zero-order valence-electron chi connectivity index (χ0n) is 8.64. The van der Waals surface area contributed by atoms with Gasteiger partial charge in [-0.3, -0.25) is 4.79 Å². The van der Waals surface area contributed by atoms with Gasteiger partial charge in [0.1, 0.15) is 5.82 Å². The van der Waals surface area contributed by atoms with Gasteiger partial charge in [-0.15, -0.1) is 0 Å². The minimum atomic E-state index is -0.820. The van der Waals surface area contributed by atoms with Gasteiger partial charge < -0.3 is 4.74 Å². The smallest absolute Gasteiger partial charge is 0.311 e. The van der Waals surface area contributed by atoms with Crippen LogP contribution < -0.4 is 4.74 Å². The molecule has 1 rings (SSSR count). The SMILES string of the molecule is CCCC(=O)Oc1ccc(F)c(C)c1F. The number of halogens is 2. The molecule has 0 atom stereocenters. The van der Waals surface area contributed by atoms with Crippen molar-refractivity contribution in [3.05, 3.63) is 29.3 Å². The minimum absolute atomic E-state index is 0.142. The van der Waals surface area contributed by atoms with Crippen molar-refractivity contribution < 1.29 is 18.3 Å². The van der Waals surface area contributed by atoms with Gasteiger partial charge in [-0.1, -0.05) is 6.92 Å². The van der Waals surface area contributed by atoms with Crippen LogP contribution in [0.2, 0.25) is 0 Å². The molecule has 0 spiro atoms. The van der Waals surface area contributed by atoms with Crippen LogP contribution in [0, 0.1) is 18.6 Å². The molecule has 0 unspecified atom stereocenters. The number of rotatable bonds is 3. The number of hydrogen-bond donors (Lipinski definition) is 0. The van der Waals surface area contributed by atoms with E-state index in [-0.39, 0.29) is 17.7 Å². The van der Waals surface area contributed by atoms with Crippen molar-refractivity contribution in [2.45, 2.75) is 26.7 Å². The molecule has 0 saturated heterocycles. The van der Waals surface area contributed by atoms with Crippen molar-refractivity contribution >= 4 is 5.97 Å². The van der Waals surface area contributed by atoms with Gasteiger partial charge in [0, 0.05) is 12.0 Å². The van der Waals surface area contributed by atoms with E-state index < -0.39 is 17.6 Å². The van der Waals surface area contributed by atoms with Gasteiger partial charge >= 0.3 is 5.97 Å². The molecular weight excluding hydrogens is 202 g/mol. The first-order valence-corrected chi connectivity index (χ1v) is 4.71. The second-order valence-corrected chi connectivity index (χ2v) is 3.21. The number of esters is 1. The molecule has 0 N–H and O–H groups in total. The Morgan fingerprint density at radius 3 is 2.67 bits per heavy atom. The van der Waals surface area contributed by atoms with Crippen LogP contribution in [0.3, 0.4) is 0 Å². The lowest BCUT2D eigenvalue weighted by Crippen LogP contribution is -2.09. The van der Waals surface area contributed by atoms with Crippen LogP contribution >= 0.6 is 0 Å². The Morgan fingerprint density at radius 1 is 1.40 bits per heavy atom. The van der Waals surface area contributed by atoms with E-state index in [1.165, 1.54) is 6.92 Å². The maximum absolute atomic E-state index is 13.3. The Morgan fingerprint density at radius 2 is 2.07 bits per heavy atom. The van der Waals surface area contributed by atoms with Crippen LogP contribution in [0.4, 0.5) is 8.78 Å². The summed E-state index contributed by atoms with van der Waals surface area (Å²) in [5.74, 6) is -2.20. The van der Waals surface area contributed by atoms with Gasteiger partial charge in [-0.25, -0.2) is 8.78 Å². The van der Waals surface area contributed by atoms with Crippen LogP contribution in [-0.4, -0.2) is 5.97 Å². The summed E-state index contributed by atoms with van der Waals surface area (Å²) in [6, 6.07) is 2.19. The van der Waals surface area contributed by atoms with Gasteiger partial charge in [-0.2, -0.15) is 0 Å². The third-order valence-electron chi connectivity index (χ3n) is 1.96. The summed E-state index contributed by atoms with van der Waals surface area (Å²) >= 11 is 0. The molecule has 0 aliphatic heterocycles. The van der Waals surface area contributed by atoms with E-state index in [9.17, 15) is 13.6 Å². The van der Waals surface area contributed by atoms with Crippen molar-refractivity contribution in [2.24, 2.45) is 0 Å². The topological polar surface area (TPSA) is 26.3 Å². The fourth-order valence-corrected chi connectivity index (χ4v) is 1.09. The third kappa shape index (κ3) is 2.75. The summed E-state index contributed by atoms with van der Waals surface area (Å²) in [5, 5.41) is 0. The van der Waals surface area contributed by atoms with Crippen LogP contribution in [0.25, 0.3) is 0 Å². The third-order valence-corrected chi connectivity index (χ3v) is 1.96. The zero-order chi connectivity index (χ0) is 11.4. The Kier molecular flexibility index (Phi) is 3.77. The van der Waals surface area contributed by atoms with Crippen LogP contribution in [0.5, 0.6) is 5.75 Å². The summed E-state index contributed by atoms with van der Waals surface area (Å²) in [7, 11) is 0. The molecular formula is C11H12F2O2. The van der Waals surface area contributed by atoms with Gasteiger partial charge in [-0.05, 0) is 25.5 Å². The minimum Gasteiger partial charge on any atom is -0.423 e. The van der Waals surface area contributed by atoms with Crippen molar-refractivity contribution in [3.8, 4) is 5.75 Å². The molecule has 0 aromatic heterocycles. The lowest BCUT2D eigenvalue weighted by molar-refractivity contribution is -0.134. The highest BCUT2D eigenvalue weighted by Crippen LogP contribution is 2.22. The van der Waals surface area contributed by atoms with Crippen LogP contribution in [-0.2, 0) is 4.79 Å². The summed E-state index contributed by atoms with van der Waals surface area (Å²) in [6.45, 7) is 3.11. The summed E-state index contributed by atoms with van der Waals surface area (Å²) in [4.78, 5) is 11.1. The van der Waals surface area contributed by atoms with Crippen LogP contribution in [0.1, 0.15) is 25.3 Å². The number of benzene rings is 1. The van der Waals surface area contributed by atoms with Crippen molar-refractivity contribution in [1.82, 2.24) is 0 Å². The zero-order valence-corrected chi connectivity index (χ0v) is 8.64. The highest BCUT2D eigenvalue weighted by molar-refractivity contribution is 5.72. The molecule has 0 heterocycles. The maximum Gasteiger partial charge on any atom is 0.311 e. The second kappa shape index (κ2) is 4.87. The van der Waals surface area contributed by atoms with Gasteiger partial charge in [0.05, 0.1) is 0 Å². The fourth-order valence-electron chi connectivity index (χ4n) is 1.09. The first-order chi connectivity index (χ1) is 7.06. The normalized spacial score (nSPS) is 10.1. The molecule has 1 aromatic carbocycles. The molecule has 4 heteroatoms. The molecule has 82 valence electrons. The molecule has 0 amide bonds. The summed E-state index contributed by atoms with van der Waals surface area (Å²) in [6.07, 6.45) is 0.844. The number of hydrogen-bond acceptors (Lipinski definition) is 2. The highest BCUT2D eigenvalue weighted by atomic mass is 19.1. The Labute approximate surface area is 86.9 Å². The van der Waals surface area contributed by atoms with Gasteiger partial charge in [0.15, 0.2) is 11.6 Å². The van der Waals surface area contributed by atoms with E-state index in [0.29, 0.717) is 6.42 Å². The van der Waals surface area contributed by atoms with Crippen LogP contribution in [0.15, 0.2) is 12.1 Å². The van der Waals surface area contributed by atoms with Gasteiger partial charge in [0.25, 0.3) is 0 Å². The van der Waals surface area contributed by atoms with Gasteiger partial charge in [0.2, 0.25) is 0 Å². The van der Waals surface area contributed by atoms with Crippen molar-refractivity contribution in [2.75, 3.05) is 0 Å². The monoisotopic (exact) mass is 214 g/mol. The maximum atomic E-state index is 13.3. The number of ether oxygens (including phenoxy) is 1. The first kappa shape index (κ1) is 11.6. The largest absolute Gasteiger partial charge is 0.423 e. The molecule has 1 aromatic rings. The molecule has 0 radical (unpaired) electrons.